The first-order valence-corrected chi connectivity index (χ1v) is 7.46. The summed E-state index contributed by atoms with van der Waals surface area (Å²) in [6.45, 7) is 5.11. The number of benzene rings is 1. The summed E-state index contributed by atoms with van der Waals surface area (Å²) in [5.41, 5.74) is 2.62. The van der Waals surface area contributed by atoms with Crippen molar-refractivity contribution in [1.29, 1.82) is 0 Å². The number of aryl methyl sites for hydroxylation is 2. The lowest BCUT2D eigenvalue weighted by atomic mass is 10.1. The minimum absolute atomic E-state index is 0.00705. The van der Waals surface area contributed by atoms with E-state index >= 15 is 0 Å². The number of rotatable bonds is 6. The third kappa shape index (κ3) is 3.85. The van der Waals surface area contributed by atoms with Gasteiger partial charge in [0.15, 0.2) is 0 Å². The van der Waals surface area contributed by atoms with Gasteiger partial charge in [-0.05, 0) is 47.5 Å². The van der Waals surface area contributed by atoms with Crippen LogP contribution in [0.5, 0.6) is 5.75 Å². The average molecular weight is 353 g/mol. The Morgan fingerprint density at radius 3 is 2.90 bits per heavy atom. The molecule has 0 aliphatic rings. The molecule has 112 valence electrons. The number of ether oxygens (including phenoxy) is 1. The van der Waals surface area contributed by atoms with Crippen LogP contribution < -0.4 is 4.74 Å². The molecule has 0 saturated heterocycles. The molecule has 0 unspecified atom stereocenters. The Bertz CT molecular complexity index is 652. The Morgan fingerprint density at radius 1 is 1.48 bits per heavy atom. The fourth-order valence-electron chi connectivity index (χ4n) is 2.08. The van der Waals surface area contributed by atoms with Gasteiger partial charge < -0.3 is 9.84 Å². The fraction of sp³-hybridized carbons (Fsp3) is 0.333. The Morgan fingerprint density at radius 2 is 2.24 bits per heavy atom. The van der Waals surface area contributed by atoms with Crippen molar-refractivity contribution in [3.63, 3.8) is 0 Å². The van der Waals surface area contributed by atoms with Gasteiger partial charge in [0.2, 0.25) is 0 Å². The van der Waals surface area contributed by atoms with E-state index in [0.29, 0.717) is 12.4 Å². The molecule has 1 aromatic heterocycles. The van der Waals surface area contributed by atoms with Gasteiger partial charge in [-0.1, -0.05) is 12.1 Å². The van der Waals surface area contributed by atoms with Crippen LogP contribution in [-0.4, -0.2) is 20.9 Å². The van der Waals surface area contributed by atoms with Crippen LogP contribution >= 0.6 is 15.9 Å². The van der Waals surface area contributed by atoms with Gasteiger partial charge >= 0.3 is 5.97 Å². The monoisotopic (exact) mass is 352 g/mol. The summed E-state index contributed by atoms with van der Waals surface area (Å²) >= 11 is 3.52. The molecule has 1 N–H and O–H groups in total. The van der Waals surface area contributed by atoms with Gasteiger partial charge in [0.25, 0.3) is 0 Å². The quantitative estimate of drug-likeness (QED) is 0.866. The normalized spacial score (nSPS) is 10.6. The molecule has 0 aliphatic carbocycles. The smallest absolute Gasteiger partial charge is 0.307 e. The van der Waals surface area contributed by atoms with E-state index in [1.807, 2.05) is 24.6 Å². The van der Waals surface area contributed by atoms with E-state index in [9.17, 15) is 4.79 Å². The Hall–Kier alpha value is -1.82. The second-order valence-electron chi connectivity index (χ2n) is 4.67. The number of aliphatic carboxylic acids is 1. The largest absolute Gasteiger partial charge is 0.487 e. The highest BCUT2D eigenvalue weighted by atomic mass is 79.9. The minimum atomic E-state index is -0.852. The van der Waals surface area contributed by atoms with E-state index in [2.05, 4.69) is 21.0 Å². The first-order chi connectivity index (χ1) is 10.0. The molecule has 21 heavy (non-hydrogen) atoms. The molecule has 1 heterocycles. The Balaban J connectivity index is 2.11. The van der Waals surface area contributed by atoms with Crippen molar-refractivity contribution in [2.45, 2.75) is 33.4 Å². The van der Waals surface area contributed by atoms with E-state index in [1.54, 1.807) is 18.2 Å². The number of nitrogens with zero attached hydrogens (tertiary/aromatic N) is 2. The molecule has 0 amide bonds. The average Bonchev–Trinajstić information content (AvgIpc) is 2.71. The summed E-state index contributed by atoms with van der Waals surface area (Å²) in [6.07, 6.45) is -0.00705. The number of aromatic nitrogens is 2. The predicted molar refractivity (Wildman–Crippen MR) is 82.5 cm³/mol. The SMILES string of the molecule is CCn1nc(C)c(Br)c1COc1cccc(CC(=O)O)c1. The van der Waals surface area contributed by atoms with Crippen LogP contribution in [0.15, 0.2) is 28.7 Å². The molecule has 5 nitrogen and oxygen atoms in total. The van der Waals surface area contributed by atoms with Crippen molar-refractivity contribution in [2.75, 3.05) is 0 Å². The molecule has 0 saturated carbocycles. The second kappa shape index (κ2) is 6.76. The number of carboxylic acid groups (broad SMARTS) is 1. The van der Waals surface area contributed by atoms with Crippen molar-refractivity contribution < 1.29 is 14.6 Å². The van der Waals surface area contributed by atoms with Crippen molar-refractivity contribution in [3.8, 4) is 5.75 Å². The molecular formula is C15H17BrN2O3. The van der Waals surface area contributed by atoms with Crippen LogP contribution in [0, 0.1) is 6.92 Å². The number of hydrogen-bond acceptors (Lipinski definition) is 3. The van der Waals surface area contributed by atoms with E-state index < -0.39 is 5.97 Å². The summed E-state index contributed by atoms with van der Waals surface area (Å²) in [6, 6.07) is 7.14. The molecule has 0 aliphatic heterocycles. The summed E-state index contributed by atoms with van der Waals surface area (Å²) in [5, 5.41) is 13.2. The number of carbonyl (C=O) groups is 1. The maximum atomic E-state index is 10.7. The van der Waals surface area contributed by atoms with Crippen LogP contribution in [0.1, 0.15) is 23.9 Å². The van der Waals surface area contributed by atoms with Crippen LogP contribution in [-0.2, 0) is 24.4 Å². The highest BCUT2D eigenvalue weighted by Gasteiger charge is 2.12. The van der Waals surface area contributed by atoms with Crippen molar-refractivity contribution in [1.82, 2.24) is 9.78 Å². The van der Waals surface area contributed by atoms with Crippen LogP contribution in [0.4, 0.5) is 0 Å². The van der Waals surface area contributed by atoms with Gasteiger partial charge in [-0.3, -0.25) is 9.48 Å². The topological polar surface area (TPSA) is 64.4 Å². The van der Waals surface area contributed by atoms with E-state index in [0.717, 1.165) is 28.0 Å². The second-order valence-corrected chi connectivity index (χ2v) is 5.46. The zero-order valence-electron chi connectivity index (χ0n) is 12.0. The molecule has 2 aromatic rings. The lowest BCUT2D eigenvalue weighted by Gasteiger charge is -2.09. The first-order valence-electron chi connectivity index (χ1n) is 6.66. The van der Waals surface area contributed by atoms with Crippen LogP contribution in [0.2, 0.25) is 0 Å². The molecule has 2 rings (SSSR count). The zero-order valence-corrected chi connectivity index (χ0v) is 13.6. The maximum absolute atomic E-state index is 10.7. The lowest BCUT2D eigenvalue weighted by molar-refractivity contribution is -0.136. The van der Waals surface area contributed by atoms with Crippen molar-refractivity contribution in [2.24, 2.45) is 0 Å². The summed E-state index contributed by atoms with van der Waals surface area (Å²) < 4.78 is 8.61. The first kappa shape index (κ1) is 15.6. The van der Waals surface area contributed by atoms with Gasteiger partial charge in [0.05, 0.1) is 22.3 Å². The summed E-state index contributed by atoms with van der Waals surface area (Å²) in [7, 11) is 0. The Kier molecular flexibility index (Phi) is 5.01. The van der Waals surface area contributed by atoms with Crippen molar-refractivity contribution >= 4 is 21.9 Å². The highest BCUT2D eigenvalue weighted by molar-refractivity contribution is 9.10. The van der Waals surface area contributed by atoms with Gasteiger partial charge in [-0.25, -0.2) is 0 Å². The number of carboxylic acids is 1. The van der Waals surface area contributed by atoms with E-state index in [-0.39, 0.29) is 6.42 Å². The molecule has 0 fully saturated rings. The Labute approximate surface area is 131 Å². The highest BCUT2D eigenvalue weighted by Crippen LogP contribution is 2.23. The third-order valence-electron chi connectivity index (χ3n) is 3.08. The van der Waals surface area contributed by atoms with Gasteiger partial charge in [-0.15, -0.1) is 0 Å². The molecule has 1 aromatic carbocycles. The standard InChI is InChI=1S/C15H17BrN2O3/c1-3-18-13(15(16)10(2)17-18)9-21-12-6-4-5-11(7-12)8-14(19)20/h4-7H,3,8-9H2,1-2H3,(H,19,20). The molecule has 0 atom stereocenters. The minimum Gasteiger partial charge on any atom is -0.487 e. The third-order valence-corrected chi connectivity index (χ3v) is 4.11. The number of halogens is 1. The number of hydrogen-bond donors (Lipinski definition) is 1. The zero-order chi connectivity index (χ0) is 15.4. The van der Waals surface area contributed by atoms with E-state index in [1.165, 1.54) is 0 Å². The molecule has 0 bridgehead atoms. The maximum Gasteiger partial charge on any atom is 0.307 e. The van der Waals surface area contributed by atoms with Crippen molar-refractivity contribution in [3.05, 3.63) is 45.7 Å². The van der Waals surface area contributed by atoms with Gasteiger partial charge in [-0.2, -0.15) is 5.10 Å². The summed E-state index contributed by atoms with van der Waals surface area (Å²) in [5.74, 6) is -0.197. The molecule has 0 radical (unpaired) electrons. The van der Waals surface area contributed by atoms with Crippen LogP contribution in [0.3, 0.4) is 0 Å². The molecular weight excluding hydrogens is 336 g/mol. The molecule has 0 spiro atoms. The van der Waals surface area contributed by atoms with Gasteiger partial charge in [0.1, 0.15) is 12.4 Å². The van der Waals surface area contributed by atoms with Gasteiger partial charge in [0, 0.05) is 6.54 Å². The lowest BCUT2D eigenvalue weighted by Crippen LogP contribution is -2.07. The van der Waals surface area contributed by atoms with Crippen LogP contribution in [0.25, 0.3) is 0 Å². The fourth-order valence-corrected chi connectivity index (χ4v) is 2.48. The summed E-state index contributed by atoms with van der Waals surface area (Å²) in [4.78, 5) is 10.7. The van der Waals surface area contributed by atoms with E-state index in [4.69, 9.17) is 9.84 Å². The molecule has 6 heteroatoms. The predicted octanol–water partition coefficient (Wildman–Crippen LogP) is 3.18.